The van der Waals surface area contributed by atoms with Crippen molar-refractivity contribution >= 4 is 23.6 Å². The predicted octanol–water partition coefficient (Wildman–Crippen LogP) is 2.22. The van der Waals surface area contributed by atoms with Crippen molar-refractivity contribution in [2.75, 3.05) is 5.75 Å². The van der Waals surface area contributed by atoms with Gasteiger partial charge in [0.25, 0.3) is 0 Å². The van der Waals surface area contributed by atoms with Crippen LogP contribution in [0.2, 0.25) is 0 Å². The Morgan fingerprint density at radius 2 is 2.00 bits per heavy atom. The molecule has 0 bridgehead atoms. The number of ether oxygens (including phenoxy) is 2. The summed E-state index contributed by atoms with van der Waals surface area (Å²) in [5.74, 6) is -0.535. The Morgan fingerprint density at radius 1 is 1.29 bits per heavy atom. The van der Waals surface area contributed by atoms with Crippen LogP contribution in [0.25, 0.3) is 6.08 Å². The Labute approximate surface area is 128 Å². The third kappa shape index (κ3) is 3.06. The van der Waals surface area contributed by atoms with Crippen LogP contribution in [0.5, 0.6) is 0 Å². The molecule has 0 aromatic heterocycles. The van der Waals surface area contributed by atoms with Crippen LogP contribution in [0.4, 0.5) is 0 Å². The fraction of sp³-hybridized carbons (Fsp3) is 0.438. The summed E-state index contributed by atoms with van der Waals surface area (Å²) >= 11 is 1.35. The van der Waals surface area contributed by atoms with E-state index in [0.29, 0.717) is 10.7 Å². The molecular weight excluding hydrogens is 288 g/mol. The van der Waals surface area contributed by atoms with Crippen molar-refractivity contribution in [3.05, 3.63) is 40.8 Å². The standard InChI is InChI=1S/C16H18O4S/c1-16(2)19-14-11(17)9-21-12(13(18)15(14)20-16)8-10-6-4-3-5-7-10/h3-8,11,14-15,17H,9H2,1-2H3/b12-8+. The van der Waals surface area contributed by atoms with Crippen LogP contribution >= 0.6 is 11.8 Å². The number of thioether (sulfide) groups is 1. The van der Waals surface area contributed by atoms with Gasteiger partial charge in [0.2, 0.25) is 5.78 Å². The quantitative estimate of drug-likeness (QED) is 0.806. The Morgan fingerprint density at radius 3 is 2.71 bits per heavy atom. The smallest absolute Gasteiger partial charge is 0.200 e. The van der Waals surface area contributed by atoms with Crippen molar-refractivity contribution in [1.82, 2.24) is 0 Å². The van der Waals surface area contributed by atoms with E-state index in [9.17, 15) is 9.90 Å². The van der Waals surface area contributed by atoms with E-state index >= 15 is 0 Å². The summed E-state index contributed by atoms with van der Waals surface area (Å²) in [6.07, 6.45) is -0.203. The molecule has 0 radical (unpaired) electrons. The van der Waals surface area contributed by atoms with Crippen LogP contribution < -0.4 is 0 Å². The van der Waals surface area contributed by atoms with E-state index in [4.69, 9.17) is 9.47 Å². The van der Waals surface area contributed by atoms with Gasteiger partial charge >= 0.3 is 0 Å². The summed E-state index contributed by atoms with van der Waals surface area (Å²) in [7, 11) is 0. The lowest BCUT2D eigenvalue weighted by molar-refractivity contribution is -0.157. The minimum absolute atomic E-state index is 0.115. The summed E-state index contributed by atoms with van der Waals surface area (Å²) in [4.78, 5) is 13.3. The lowest BCUT2D eigenvalue weighted by atomic mass is 10.0. The Hall–Kier alpha value is -1.14. The van der Waals surface area contributed by atoms with Gasteiger partial charge in [-0.25, -0.2) is 0 Å². The molecule has 0 amide bonds. The highest BCUT2D eigenvalue weighted by atomic mass is 32.2. The van der Waals surface area contributed by atoms with Gasteiger partial charge in [-0.3, -0.25) is 4.79 Å². The maximum atomic E-state index is 12.7. The Bertz CT molecular complexity index is 567. The number of hydrogen-bond donors (Lipinski definition) is 1. The van der Waals surface area contributed by atoms with Gasteiger partial charge in [0.05, 0.1) is 11.0 Å². The molecule has 1 aromatic carbocycles. The van der Waals surface area contributed by atoms with E-state index in [2.05, 4.69) is 0 Å². The zero-order valence-corrected chi connectivity index (χ0v) is 12.8. The van der Waals surface area contributed by atoms with Gasteiger partial charge in [0, 0.05) is 5.75 Å². The first-order chi connectivity index (χ1) is 9.96. The number of ketones is 1. The molecule has 1 N–H and O–H groups in total. The first-order valence-electron chi connectivity index (χ1n) is 6.94. The summed E-state index contributed by atoms with van der Waals surface area (Å²) in [5.41, 5.74) is 0.958. The van der Waals surface area contributed by atoms with Crippen molar-refractivity contribution in [2.24, 2.45) is 0 Å². The van der Waals surface area contributed by atoms with E-state index in [1.807, 2.05) is 36.4 Å². The number of aliphatic hydroxyl groups excluding tert-OH is 1. The van der Waals surface area contributed by atoms with Crippen molar-refractivity contribution < 1.29 is 19.4 Å². The molecule has 2 fully saturated rings. The van der Waals surface area contributed by atoms with Gasteiger partial charge in [0.1, 0.15) is 6.10 Å². The largest absolute Gasteiger partial charge is 0.389 e. The average molecular weight is 306 g/mol. The molecule has 3 unspecified atom stereocenters. The number of rotatable bonds is 1. The number of fused-ring (bicyclic) bond motifs is 1. The molecule has 2 saturated heterocycles. The van der Waals surface area contributed by atoms with E-state index in [1.165, 1.54) is 11.8 Å². The minimum Gasteiger partial charge on any atom is -0.389 e. The molecule has 0 saturated carbocycles. The van der Waals surface area contributed by atoms with Crippen LogP contribution in [0.3, 0.4) is 0 Å². The first-order valence-corrected chi connectivity index (χ1v) is 7.92. The van der Waals surface area contributed by atoms with E-state index < -0.39 is 24.1 Å². The number of hydrogen-bond acceptors (Lipinski definition) is 5. The van der Waals surface area contributed by atoms with Crippen LogP contribution in [-0.4, -0.2) is 40.7 Å². The fourth-order valence-corrected chi connectivity index (χ4v) is 3.59. The number of benzene rings is 1. The Balaban J connectivity index is 1.91. The van der Waals surface area contributed by atoms with E-state index in [-0.39, 0.29) is 5.78 Å². The first kappa shape index (κ1) is 14.8. The molecule has 5 heteroatoms. The number of aliphatic hydroxyl groups is 1. The van der Waals surface area contributed by atoms with Gasteiger partial charge in [-0.2, -0.15) is 0 Å². The summed E-state index contributed by atoms with van der Waals surface area (Å²) in [6, 6.07) is 9.66. The zero-order valence-electron chi connectivity index (χ0n) is 12.0. The molecule has 3 atom stereocenters. The molecule has 21 heavy (non-hydrogen) atoms. The monoisotopic (exact) mass is 306 g/mol. The van der Waals surface area contributed by atoms with Crippen LogP contribution in [-0.2, 0) is 14.3 Å². The highest BCUT2D eigenvalue weighted by Gasteiger charge is 2.50. The molecule has 3 rings (SSSR count). The molecule has 1 aromatic rings. The lowest BCUT2D eigenvalue weighted by Crippen LogP contribution is -2.39. The molecule has 112 valence electrons. The fourth-order valence-electron chi connectivity index (χ4n) is 2.57. The Kier molecular flexibility index (Phi) is 3.92. The molecule has 0 aliphatic carbocycles. The number of Topliss-reactive ketones (excluding diaryl/α,β-unsaturated/α-hetero) is 1. The maximum absolute atomic E-state index is 12.7. The molecule has 2 aliphatic rings. The number of carbonyl (C=O) groups is 1. The van der Waals surface area contributed by atoms with Gasteiger partial charge < -0.3 is 14.6 Å². The van der Waals surface area contributed by atoms with Crippen LogP contribution in [0.15, 0.2) is 35.2 Å². The highest BCUT2D eigenvalue weighted by molar-refractivity contribution is 8.04. The maximum Gasteiger partial charge on any atom is 0.200 e. The molecule has 2 aliphatic heterocycles. The van der Waals surface area contributed by atoms with Gasteiger partial charge in [-0.05, 0) is 25.5 Å². The molecular formula is C16H18O4S. The second-order valence-corrected chi connectivity index (χ2v) is 6.74. The van der Waals surface area contributed by atoms with E-state index in [0.717, 1.165) is 5.56 Å². The average Bonchev–Trinajstić information content (AvgIpc) is 2.75. The molecule has 2 heterocycles. The van der Waals surface area contributed by atoms with Crippen LogP contribution in [0, 0.1) is 0 Å². The normalized spacial score (nSPS) is 33.8. The summed E-state index contributed by atoms with van der Waals surface area (Å²) < 4.78 is 11.4. The second-order valence-electron chi connectivity index (χ2n) is 5.68. The van der Waals surface area contributed by atoms with E-state index in [1.54, 1.807) is 13.8 Å². The van der Waals surface area contributed by atoms with Gasteiger partial charge in [-0.15, -0.1) is 11.8 Å². The molecule has 4 nitrogen and oxygen atoms in total. The minimum atomic E-state index is -0.841. The lowest BCUT2D eigenvalue weighted by Gasteiger charge is -2.19. The van der Waals surface area contributed by atoms with Crippen molar-refractivity contribution in [3.63, 3.8) is 0 Å². The van der Waals surface area contributed by atoms with Crippen LogP contribution in [0.1, 0.15) is 19.4 Å². The van der Waals surface area contributed by atoms with Crippen molar-refractivity contribution in [3.8, 4) is 0 Å². The molecule has 0 spiro atoms. The van der Waals surface area contributed by atoms with Gasteiger partial charge in [0.15, 0.2) is 11.9 Å². The number of carbonyl (C=O) groups excluding carboxylic acids is 1. The van der Waals surface area contributed by atoms with Crippen molar-refractivity contribution in [2.45, 2.75) is 37.9 Å². The van der Waals surface area contributed by atoms with Crippen molar-refractivity contribution in [1.29, 1.82) is 0 Å². The topological polar surface area (TPSA) is 55.8 Å². The highest BCUT2D eigenvalue weighted by Crippen LogP contribution is 2.38. The third-order valence-electron chi connectivity index (χ3n) is 3.52. The summed E-state index contributed by atoms with van der Waals surface area (Å²) in [5, 5.41) is 10.2. The van der Waals surface area contributed by atoms with Gasteiger partial charge in [-0.1, -0.05) is 30.3 Å². The summed E-state index contributed by atoms with van der Waals surface area (Å²) in [6.45, 7) is 3.52. The SMILES string of the molecule is CC1(C)OC2C(=O)/C(=C\c3ccccc3)SCC(O)C2O1. The zero-order chi connectivity index (χ0) is 15.0. The second kappa shape index (κ2) is 5.57. The third-order valence-corrected chi connectivity index (χ3v) is 4.65. The predicted molar refractivity (Wildman–Crippen MR) is 81.7 cm³/mol.